The standard InChI is InChI=1S/C14H18N2O4/c1-10(14(18)20-8-7-19-2)16-12-6-4-3-5-11(12)15-13(16)9-17/h3-6,10,17H,7-9H2,1-2H3. The molecule has 6 heteroatoms. The van der Waals surface area contributed by atoms with E-state index in [9.17, 15) is 9.90 Å². The number of esters is 1. The van der Waals surface area contributed by atoms with E-state index in [1.54, 1.807) is 18.6 Å². The van der Waals surface area contributed by atoms with Crippen molar-refractivity contribution in [3.8, 4) is 0 Å². The van der Waals surface area contributed by atoms with Crippen LogP contribution in [0, 0.1) is 0 Å². The van der Waals surface area contributed by atoms with E-state index >= 15 is 0 Å². The summed E-state index contributed by atoms with van der Waals surface area (Å²) in [5.74, 6) is 0.0716. The van der Waals surface area contributed by atoms with Crippen LogP contribution in [0.3, 0.4) is 0 Å². The number of hydrogen-bond donors (Lipinski definition) is 1. The number of aliphatic hydroxyl groups is 1. The fraction of sp³-hybridized carbons (Fsp3) is 0.429. The Balaban J connectivity index is 2.28. The van der Waals surface area contributed by atoms with Crippen molar-refractivity contribution in [2.24, 2.45) is 0 Å². The molecular weight excluding hydrogens is 260 g/mol. The van der Waals surface area contributed by atoms with Crippen molar-refractivity contribution >= 4 is 17.0 Å². The van der Waals surface area contributed by atoms with Crippen LogP contribution in [-0.2, 0) is 20.9 Å². The maximum absolute atomic E-state index is 12.0. The van der Waals surface area contributed by atoms with Crippen molar-refractivity contribution in [3.05, 3.63) is 30.1 Å². The Kier molecular flexibility index (Phi) is 4.70. The summed E-state index contributed by atoms with van der Waals surface area (Å²) >= 11 is 0. The summed E-state index contributed by atoms with van der Waals surface area (Å²) < 4.78 is 11.7. The van der Waals surface area contributed by atoms with Crippen molar-refractivity contribution < 1.29 is 19.4 Å². The monoisotopic (exact) mass is 278 g/mol. The molecule has 20 heavy (non-hydrogen) atoms. The van der Waals surface area contributed by atoms with Gasteiger partial charge in [-0.05, 0) is 19.1 Å². The maximum Gasteiger partial charge on any atom is 0.328 e. The van der Waals surface area contributed by atoms with Crippen molar-refractivity contribution in [2.45, 2.75) is 19.6 Å². The van der Waals surface area contributed by atoms with Gasteiger partial charge in [0, 0.05) is 7.11 Å². The van der Waals surface area contributed by atoms with E-state index < -0.39 is 6.04 Å². The van der Waals surface area contributed by atoms with Crippen LogP contribution in [0.2, 0.25) is 0 Å². The minimum absolute atomic E-state index is 0.209. The number of fused-ring (bicyclic) bond motifs is 1. The number of aromatic nitrogens is 2. The van der Waals surface area contributed by atoms with Gasteiger partial charge in [0.15, 0.2) is 0 Å². The van der Waals surface area contributed by atoms with Crippen LogP contribution in [0.15, 0.2) is 24.3 Å². The molecule has 1 aromatic heterocycles. The second-order valence-electron chi connectivity index (χ2n) is 4.38. The molecule has 1 atom stereocenters. The van der Waals surface area contributed by atoms with Crippen molar-refractivity contribution in [2.75, 3.05) is 20.3 Å². The van der Waals surface area contributed by atoms with Gasteiger partial charge in [-0.3, -0.25) is 0 Å². The molecular formula is C14H18N2O4. The number of carbonyl (C=O) groups is 1. The highest BCUT2D eigenvalue weighted by molar-refractivity contribution is 5.81. The highest BCUT2D eigenvalue weighted by Crippen LogP contribution is 2.22. The molecule has 0 amide bonds. The number of nitrogens with zero attached hydrogens (tertiary/aromatic N) is 2. The predicted molar refractivity (Wildman–Crippen MR) is 73.2 cm³/mol. The summed E-state index contributed by atoms with van der Waals surface area (Å²) in [4.78, 5) is 16.3. The quantitative estimate of drug-likeness (QED) is 0.636. The number of aliphatic hydroxyl groups excluding tert-OH is 1. The summed E-state index contributed by atoms with van der Waals surface area (Å²) in [6, 6.07) is 6.88. The number of ether oxygens (including phenoxy) is 2. The normalized spacial score (nSPS) is 12.6. The lowest BCUT2D eigenvalue weighted by Crippen LogP contribution is -2.22. The first-order valence-electron chi connectivity index (χ1n) is 6.41. The average Bonchev–Trinajstić information content (AvgIpc) is 2.85. The van der Waals surface area contributed by atoms with Gasteiger partial charge >= 0.3 is 5.97 Å². The molecule has 0 saturated carbocycles. The third-order valence-corrected chi connectivity index (χ3v) is 3.07. The number of hydrogen-bond acceptors (Lipinski definition) is 5. The smallest absolute Gasteiger partial charge is 0.328 e. The minimum Gasteiger partial charge on any atom is -0.462 e. The summed E-state index contributed by atoms with van der Waals surface area (Å²) in [6.07, 6.45) is 0. The van der Waals surface area contributed by atoms with Crippen LogP contribution in [-0.4, -0.2) is 41.0 Å². The number of carbonyl (C=O) groups excluding carboxylic acids is 1. The molecule has 0 aliphatic rings. The molecule has 2 aromatic rings. The van der Waals surface area contributed by atoms with E-state index in [0.717, 1.165) is 11.0 Å². The number of imidazole rings is 1. The first-order chi connectivity index (χ1) is 9.69. The lowest BCUT2D eigenvalue weighted by Gasteiger charge is -2.16. The van der Waals surface area contributed by atoms with Gasteiger partial charge in [0.25, 0.3) is 0 Å². The fourth-order valence-electron chi connectivity index (χ4n) is 2.09. The lowest BCUT2D eigenvalue weighted by molar-refractivity contribution is -0.148. The van der Waals surface area contributed by atoms with Gasteiger partial charge in [-0.25, -0.2) is 9.78 Å². The number of benzene rings is 1. The van der Waals surface area contributed by atoms with Gasteiger partial charge in [-0.15, -0.1) is 0 Å². The van der Waals surface area contributed by atoms with Gasteiger partial charge in [-0.2, -0.15) is 0 Å². The van der Waals surface area contributed by atoms with Crippen LogP contribution in [0.25, 0.3) is 11.0 Å². The zero-order valence-electron chi connectivity index (χ0n) is 11.6. The Morgan fingerprint density at radius 1 is 1.40 bits per heavy atom. The SMILES string of the molecule is COCCOC(=O)C(C)n1c(CO)nc2ccccc21. The van der Waals surface area contributed by atoms with E-state index in [2.05, 4.69) is 4.98 Å². The second-order valence-corrected chi connectivity index (χ2v) is 4.38. The van der Waals surface area contributed by atoms with Crippen LogP contribution < -0.4 is 0 Å². The summed E-state index contributed by atoms with van der Waals surface area (Å²) in [5.41, 5.74) is 1.54. The fourth-order valence-corrected chi connectivity index (χ4v) is 2.09. The molecule has 0 fully saturated rings. The Labute approximate surface area is 116 Å². The van der Waals surface area contributed by atoms with E-state index in [1.165, 1.54) is 0 Å². The average molecular weight is 278 g/mol. The van der Waals surface area contributed by atoms with E-state index in [0.29, 0.717) is 12.4 Å². The molecule has 0 aliphatic carbocycles. The molecule has 0 saturated heterocycles. The third-order valence-electron chi connectivity index (χ3n) is 3.07. The molecule has 0 aliphatic heterocycles. The van der Waals surface area contributed by atoms with Crippen LogP contribution >= 0.6 is 0 Å². The number of para-hydroxylation sites is 2. The largest absolute Gasteiger partial charge is 0.462 e. The van der Waals surface area contributed by atoms with Gasteiger partial charge in [0.1, 0.15) is 25.1 Å². The molecule has 1 heterocycles. The minimum atomic E-state index is -0.554. The number of methoxy groups -OCH3 is 1. The summed E-state index contributed by atoms with van der Waals surface area (Å²) in [6.45, 7) is 2.06. The molecule has 2 rings (SSSR count). The van der Waals surface area contributed by atoms with E-state index in [-0.39, 0.29) is 19.2 Å². The summed E-state index contributed by atoms with van der Waals surface area (Å²) in [5, 5.41) is 9.41. The molecule has 108 valence electrons. The highest BCUT2D eigenvalue weighted by atomic mass is 16.6. The zero-order chi connectivity index (χ0) is 14.5. The molecule has 0 radical (unpaired) electrons. The van der Waals surface area contributed by atoms with Gasteiger partial charge in [-0.1, -0.05) is 12.1 Å². The first kappa shape index (κ1) is 14.5. The van der Waals surface area contributed by atoms with Gasteiger partial charge in [0.2, 0.25) is 0 Å². The van der Waals surface area contributed by atoms with E-state index in [4.69, 9.17) is 9.47 Å². The highest BCUT2D eigenvalue weighted by Gasteiger charge is 2.22. The van der Waals surface area contributed by atoms with Crippen molar-refractivity contribution in [1.82, 2.24) is 9.55 Å². The van der Waals surface area contributed by atoms with Crippen molar-refractivity contribution in [3.63, 3.8) is 0 Å². The van der Waals surface area contributed by atoms with Crippen LogP contribution in [0.4, 0.5) is 0 Å². The molecule has 6 nitrogen and oxygen atoms in total. The molecule has 0 bridgehead atoms. The van der Waals surface area contributed by atoms with E-state index in [1.807, 2.05) is 24.3 Å². The molecule has 1 unspecified atom stereocenters. The third kappa shape index (κ3) is 2.81. The zero-order valence-corrected chi connectivity index (χ0v) is 11.6. The lowest BCUT2D eigenvalue weighted by atomic mass is 10.2. The Hall–Kier alpha value is -1.92. The Morgan fingerprint density at radius 3 is 2.85 bits per heavy atom. The maximum atomic E-state index is 12.0. The first-order valence-corrected chi connectivity index (χ1v) is 6.41. The van der Waals surface area contributed by atoms with Crippen molar-refractivity contribution in [1.29, 1.82) is 0 Å². The van der Waals surface area contributed by atoms with Gasteiger partial charge in [0.05, 0.1) is 17.6 Å². The summed E-state index contributed by atoms with van der Waals surface area (Å²) in [7, 11) is 1.55. The second kappa shape index (κ2) is 6.49. The number of rotatable bonds is 6. The Bertz CT molecular complexity index is 594. The molecule has 0 spiro atoms. The Morgan fingerprint density at radius 2 is 2.15 bits per heavy atom. The van der Waals surface area contributed by atoms with Crippen LogP contribution in [0.5, 0.6) is 0 Å². The topological polar surface area (TPSA) is 73.6 Å². The predicted octanol–water partition coefficient (Wildman–Crippen LogP) is 1.28. The molecule has 1 aromatic carbocycles. The van der Waals surface area contributed by atoms with Crippen LogP contribution in [0.1, 0.15) is 18.8 Å². The molecule has 1 N–H and O–H groups in total. The van der Waals surface area contributed by atoms with Gasteiger partial charge < -0.3 is 19.1 Å².